The Labute approximate surface area is 71.1 Å². The number of ether oxygens (including phenoxy) is 1. The molecule has 0 aliphatic heterocycles. The van der Waals surface area contributed by atoms with Crippen molar-refractivity contribution in [1.82, 2.24) is 0 Å². The van der Waals surface area contributed by atoms with E-state index in [1.165, 1.54) is 0 Å². The zero-order valence-electron chi connectivity index (χ0n) is 6.30. The number of carbonyl (C=O) groups excluding carboxylic acids is 2. The molecule has 0 atom stereocenters. The molecule has 2 N–H and O–H groups in total. The van der Waals surface area contributed by atoms with Gasteiger partial charge >= 0.3 is 18.1 Å². The standard InChI is InChI=1S/C6H6F3NO3/c7-6(8,9)5(12)13-4(11)2-1-3-10/h1-2H,3,10H2/b2-1+. The molecular formula is C6H6F3NO3. The highest BCUT2D eigenvalue weighted by Gasteiger charge is 2.42. The van der Waals surface area contributed by atoms with Crippen molar-refractivity contribution in [2.75, 3.05) is 6.54 Å². The van der Waals surface area contributed by atoms with Gasteiger partial charge in [-0.15, -0.1) is 0 Å². The van der Waals surface area contributed by atoms with Crippen LogP contribution in [0.3, 0.4) is 0 Å². The summed E-state index contributed by atoms with van der Waals surface area (Å²) in [6.45, 7) is -0.0324. The van der Waals surface area contributed by atoms with Crippen LogP contribution in [0, 0.1) is 0 Å². The monoisotopic (exact) mass is 197 g/mol. The van der Waals surface area contributed by atoms with Gasteiger partial charge in [0.05, 0.1) is 0 Å². The average molecular weight is 197 g/mol. The SMILES string of the molecule is NC/C=C/C(=O)OC(=O)C(F)(F)F. The van der Waals surface area contributed by atoms with Crippen molar-refractivity contribution in [3.05, 3.63) is 12.2 Å². The van der Waals surface area contributed by atoms with Gasteiger partial charge in [-0.25, -0.2) is 9.59 Å². The Balaban J connectivity index is 4.08. The Morgan fingerprint density at radius 1 is 1.38 bits per heavy atom. The molecule has 0 saturated carbocycles. The number of alkyl halides is 3. The fraction of sp³-hybridized carbons (Fsp3) is 0.333. The molecule has 0 spiro atoms. The van der Waals surface area contributed by atoms with Crippen LogP contribution >= 0.6 is 0 Å². The molecule has 0 aromatic heterocycles. The fourth-order valence-corrected chi connectivity index (χ4v) is 0.348. The molecule has 0 fully saturated rings. The van der Waals surface area contributed by atoms with Crippen molar-refractivity contribution in [1.29, 1.82) is 0 Å². The summed E-state index contributed by atoms with van der Waals surface area (Å²) in [6.07, 6.45) is -3.46. The third-order valence-electron chi connectivity index (χ3n) is 0.815. The highest BCUT2D eigenvalue weighted by Crippen LogP contribution is 2.16. The van der Waals surface area contributed by atoms with Crippen LogP contribution < -0.4 is 5.73 Å². The van der Waals surface area contributed by atoms with E-state index >= 15 is 0 Å². The van der Waals surface area contributed by atoms with E-state index < -0.39 is 18.1 Å². The quantitative estimate of drug-likeness (QED) is 0.388. The lowest BCUT2D eigenvalue weighted by Crippen LogP contribution is -2.27. The van der Waals surface area contributed by atoms with E-state index in [9.17, 15) is 22.8 Å². The minimum atomic E-state index is -5.16. The molecule has 0 amide bonds. The Kier molecular flexibility index (Phi) is 4.12. The lowest BCUT2D eigenvalue weighted by Gasteiger charge is -2.02. The van der Waals surface area contributed by atoms with E-state index in [0.29, 0.717) is 6.08 Å². The van der Waals surface area contributed by atoms with Crippen LogP contribution in [0.4, 0.5) is 13.2 Å². The maximum atomic E-state index is 11.5. The van der Waals surface area contributed by atoms with Gasteiger partial charge in [0.2, 0.25) is 0 Å². The number of nitrogens with two attached hydrogens (primary N) is 1. The van der Waals surface area contributed by atoms with E-state index in [2.05, 4.69) is 4.74 Å². The van der Waals surface area contributed by atoms with Crippen LogP contribution in [0.15, 0.2) is 12.2 Å². The van der Waals surface area contributed by atoms with Crippen molar-refractivity contribution < 1.29 is 27.5 Å². The summed E-state index contributed by atoms with van der Waals surface area (Å²) in [6, 6.07) is 0. The van der Waals surface area contributed by atoms with Gasteiger partial charge < -0.3 is 10.5 Å². The van der Waals surface area contributed by atoms with E-state index in [0.717, 1.165) is 6.08 Å². The van der Waals surface area contributed by atoms with Crippen LogP contribution in [0.2, 0.25) is 0 Å². The smallest absolute Gasteiger partial charge is 0.383 e. The lowest BCUT2D eigenvalue weighted by atomic mass is 10.5. The van der Waals surface area contributed by atoms with Crippen LogP contribution in [0.5, 0.6) is 0 Å². The molecule has 7 heteroatoms. The van der Waals surface area contributed by atoms with Crippen molar-refractivity contribution >= 4 is 11.9 Å². The first-order chi connectivity index (χ1) is 5.88. The fourth-order valence-electron chi connectivity index (χ4n) is 0.348. The minimum absolute atomic E-state index is 0.0324. The summed E-state index contributed by atoms with van der Waals surface area (Å²) in [7, 11) is 0. The predicted octanol–water partition coefficient (Wildman–Crippen LogP) is 0.133. The van der Waals surface area contributed by atoms with Crippen LogP contribution in [0.25, 0.3) is 0 Å². The normalized spacial score (nSPS) is 11.7. The number of carbonyl (C=O) groups is 2. The summed E-state index contributed by atoms with van der Waals surface area (Å²) in [4.78, 5) is 20.4. The highest BCUT2D eigenvalue weighted by atomic mass is 19.4. The molecule has 13 heavy (non-hydrogen) atoms. The van der Waals surface area contributed by atoms with Gasteiger partial charge in [-0.1, -0.05) is 6.08 Å². The second kappa shape index (κ2) is 4.61. The molecule has 0 unspecified atom stereocenters. The third kappa shape index (κ3) is 4.96. The maximum absolute atomic E-state index is 11.5. The topological polar surface area (TPSA) is 69.4 Å². The summed E-state index contributed by atoms with van der Waals surface area (Å²) >= 11 is 0. The molecule has 74 valence electrons. The second-order valence-electron chi connectivity index (χ2n) is 1.84. The van der Waals surface area contributed by atoms with Gasteiger partial charge in [0.15, 0.2) is 0 Å². The van der Waals surface area contributed by atoms with Gasteiger partial charge in [0.1, 0.15) is 0 Å². The largest absolute Gasteiger partial charge is 0.491 e. The Hall–Kier alpha value is -1.37. The zero-order valence-corrected chi connectivity index (χ0v) is 6.30. The Bertz CT molecular complexity index is 234. The van der Waals surface area contributed by atoms with Crippen LogP contribution in [-0.4, -0.2) is 24.7 Å². The summed E-state index contributed by atoms with van der Waals surface area (Å²) in [5.41, 5.74) is 4.89. The molecular weight excluding hydrogens is 191 g/mol. The van der Waals surface area contributed by atoms with E-state index in [4.69, 9.17) is 5.73 Å². The summed E-state index contributed by atoms with van der Waals surface area (Å²) < 4.78 is 37.7. The van der Waals surface area contributed by atoms with Gasteiger partial charge in [-0.3, -0.25) is 0 Å². The van der Waals surface area contributed by atoms with Gasteiger partial charge in [-0.2, -0.15) is 13.2 Å². The number of hydrogen-bond acceptors (Lipinski definition) is 4. The Morgan fingerprint density at radius 3 is 2.31 bits per heavy atom. The van der Waals surface area contributed by atoms with Crippen molar-refractivity contribution in [3.63, 3.8) is 0 Å². The molecule has 0 bridgehead atoms. The van der Waals surface area contributed by atoms with Crippen molar-refractivity contribution in [2.24, 2.45) is 5.73 Å². The first-order valence-electron chi connectivity index (χ1n) is 3.07. The number of hydrogen-bond donors (Lipinski definition) is 1. The van der Waals surface area contributed by atoms with Crippen molar-refractivity contribution in [3.8, 4) is 0 Å². The molecule has 0 aliphatic rings. The molecule has 4 nitrogen and oxygen atoms in total. The highest BCUT2D eigenvalue weighted by molar-refractivity contribution is 5.93. The van der Waals surface area contributed by atoms with Gasteiger partial charge in [0.25, 0.3) is 0 Å². The number of rotatable bonds is 2. The average Bonchev–Trinajstić information content (AvgIpc) is 1.99. The second-order valence-corrected chi connectivity index (χ2v) is 1.84. The molecule has 0 saturated heterocycles. The van der Waals surface area contributed by atoms with Gasteiger partial charge in [-0.05, 0) is 0 Å². The molecule has 0 aromatic rings. The first kappa shape index (κ1) is 11.6. The Morgan fingerprint density at radius 2 is 1.92 bits per heavy atom. The minimum Gasteiger partial charge on any atom is -0.383 e. The summed E-state index contributed by atoms with van der Waals surface area (Å²) in [5, 5.41) is 0. The molecule has 0 radical (unpaired) electrons. The van der Waals surface area contributed by atoms with Gasteiger partial charge in [0, 0.05) is 12.6 Å². The van der Waals surface area contributed by atoms with Crippen LogP contribution in [-0.2, 0) is 14.3 Å². The van der Waals surface area contributed by atoms with E-state index in [1.54, 1.807) is 0 Å². The van der Waals surface area contributed by atoms with E-state index in [-0.39, 0.29) is 6.54 Å². The molecule has 0 rings (SSSR count). The van der Waals surface area contributed by atoms with E-state index in [1.807, 2.05) is 0 Å². The first-order valence-corrected chi connectivity index (χ1v) is 3.07. The zero-order chi connectivity index (χ0) is 10.5. The molecule has 0 aliphatic carbocycles. The number of halogens is 3. The summed E-state index contributed by atoms with van der Waals surface area (Å²) in [5.74, 6) is -3.94. The predicted molar refractivity (Wildman–Crippen MR) is 35.3 cm³/mol. The molecule has 0 heterocycles. The molecule has 0 aromatic carbocycles. The van der Waals surface area contributed by atoms with Crippen LogP contribution in [0.1, 0.15) is 0 Å². The number of esters is 2. The third-order valence-corrected chi connectivity index (χ3v) is 0.815. The maximum Gasteiger partial charge on any atom is 0.491 e. The van der Waals surface area contributed by atoms with Crippen molar-refractivity contribution in [2.45, 2.75) is 6.18 Å². The lowest BCUT2D eigenvalue weighted by molar-refractivity contribution is -0.200.